The first-order valence-corrected chi connectivity index (χ1v) is 7.45. The summed E-state index contributed by atoms with van der Waals surface area (Å²) in [4.78, 5) is 12.3. The number of thioether (sulfide) groups is 1. The maximum absolute atomic E-state index is 12.5. The van der Waals surface area contributed by atoms with Crippen molar-refractivity contribution < 1.29 is 18.3 Å². The molecular formula is C13H14ClF2NO2S. The summed E-state index contributed by atoms with van der Waals surface area (Å²) in [6.45, 7) is 1.10. The number of hydrogen-bond donors (Lipinski definition) is 1. The molecule has 0 atom stereocenters. The first-order valence-electron chi connectivity index (χ1n) is 6.20. The number of halogens is 3. The van der Waals surface area contributed by atoms with Gasteiger partial charge in [-0.25, -0.2) is 0 Å². The lowest BCUT2D eigenvalue weighted by Crippen LogP contribution is -2.28. The summed E-state index contributed by atoms with van der Waals surface area (Å²) in [6.07, 6.45) is 1.29. The van der Waals surface area contributed by atoms with Gasteiger partial charge in [0.05, 0.1) is 15.6 Å². The van der Waals surface area contributed by atoms with Gasteiger partial charge in [0.15, 0.2) is 0 Å². The van der Waals surface area contributed by atoms with Gasteiger partial charge >= 0.3 is 0 Å². The standard InChI is InChI=1S/C13H14ClF2NO2S/c14-9-2-1-3-10(11(9)20-13(15)16)17-12(18)8-4-6-19-7-5-8/h1-3,8,13H,4-7H2,(H,17,18). The lowest BCUT2D eigenvalue weighted by Gasteiger charge is -2.22. The van der Waals surface area contributed by atoms with Gasteiger partial charge in [-0.3, -0.25) is 4.79 Å². The van der Waals surface area contributed by atoms with Crippen LogP contribution in [-0.2, 0) is 9.53 Å². The van der Waals surface area contributed by atoms with E-state index in [1.54, 1.807) is 12.1 Å². The van der Waals surface area contributed by atoms with Gasteiger partial charge in [-0.05, 0) is 25.0 Å². The van der Waals surface area contributed by atoms with E-state index in [-0.39, 0.29) is 21.7 Å². The van der Waals surface area contributed by atoms with E-state index >= 15 is 0 Å². The molecule has 0 saturated carbocycles. The van der Waals surface area contributed by atoms with Gasteiger partial charge in [-0.15, -0.1) is 0 Å². The fraction of sp³-hybridized carbons (Fsp3) is 0.462. The highest BCUT2D eigenvalue weighted by Crippen LogP contribution is 2.37. The molecule has 1 aromatic carbocycles. The molecule has 1 N–H and O–H groups in total. The number of anilines is 1. The number of carbonyl (C=O) groups excluding carboxylic acids is 1. The molecule has 3 nitrogen and oxygen atoms in total. The van der Waals surface area contributed by atoms with Crippen molar-refractivity contribution in [2.45, 2.75) is 23.5 Å². The Labute approximate surface area is 125 Å². The maximum atomic E-state index is 12.5. The van der Waals surface area contributed by atoms with E-state index < -0.39 is 5.76 Å². The highest BCUT2D eigenvalue weighted by Gasteiger charge is 2.23. The smallest absolute Gasteiger partial charge is 0.289 e. The van der Waals surface area contributed by atoms with Gasteiger partial charge in [0.1, 0.15) is 0 Å². The number of amides is 1. The summed E-state index contributed by atoms with van der Waals surface area (Å²) >= 11 is 6.25. The molecule has 20 heavy (non-hydrogen) atoms. The zero-order valence-electron chi connectivity index (χ0n) is 10.6. The number of hydrogen-bond acceptors (Lipinski definition) is 3. The molecular weight excluding hydrogens is 308 g/mol. The van der Waals surface area contributed by atoms with Crippen LogP contribution in [0.2, 0.25) is 5.02 Å². The van der Waals surface area contributed by atoms with Crippen LogP contribution >= 0.6 is 23.4 Å². The number of rotatable bonds is 4. The van der Waals surface area contributed by atoms with Gasteiger partial charge in [-0.1, -0.05) is 29.4 Å². The number of carbonyl (C=O) groups is 1. The van der Waals surface area contributed by atoms with Crippen molar-refractivity contribution in [1.82, 2.24) is 0 Å². The molecule has 1 aromatic rings. The van der Waals surface area contributed by atoms with Crippen LogP contribution in [0.3, 0.4) is 0 Å². The van der Waals surface area contributed by atoms with E-state index in [0.29, 0.717) is 43.5 Å². The van der Waals surface area contributed by atoms with E-state index in [9.17, 15) is 13.6 Å². The van der Waals surface area contributed by atoms with Crippen LogP contribution in [0.25, 0.3) is 0 Å². The molecule has 0 bridgehead atoms. The van der Waals surface area contributed by atoms with Crippen molar-refractivity contribution in [2.75, 3.05) is 18.5 Å². The Morgan fingerprint density at radius 3 is 2.75 bits per heavy atom. The van der Waals surface area contributed by atoms with Crippen molar-refractivity contribution in [1.29, 1.82) is 0 Å². The highest BCUT2D eigenvalue weighted by atomic mass is 35.5. The largest absolute Gasteiger partial charge is 0.381 e. The zero-order chi connectivity index (χ0) is 14.5. The van der Waals surface area contributed by atoms with E-state index in [1.807, 2.05) is 0 Å². The summed E-state index contributed by atoms with van der Waals surface area (Å²) in [7, 11) is 0. The van der Waals surface area contributed by atoms with E-state index in [4.69, 9.17) is 16.3 Å². The summed E-state index contributed by atoms with van der Waals surface area (Å²) in [6, 6.07) is 4.72. The van der Waals surface area contributed by atoms with E-state index in [2.05, 4.69) is 5.32 Å². The van der Waals surface area contributed by atoms with Gasteiger partial charge in [-0.2, -0.15) is 8.78 Å². The quantitative estimate of drug-likeness (QED) is 0.851. The Kier molecular flexibility index (Phi) is 5.63. The minimum Gasteiger partial charge on any atom is -0.381 e. The van der Waals surface area contributed by atoms with Gasteiger partial charge in [0.2, 0.25) is 5.91 Å². The summed E-state index contributed by atoms with van der Waals surface area (Å²) in [5.74, 6) is -2.91. The molecule has 1 fully saturated rings. The van der Waals surface area contributed by atoms with Crippen LogP contribution in [0, 0.1) is 5.92 Å². The summed E-state index contributed by atoms with van der Waals surface area (Å²) in [5.41, 5.74) is 0.333. The number of ether oxygens (including phenoxy) is 1. The predicted octanol–water partition coefficient (Wildman–Crippen LogP) is 4.02. The molecule has 0 aliphatic carbocycles. The first-order chi connectivity index (χ1) is 9.58. The summed E-state index contributed by atoms with van der Waals surface area (Å²) in [5, 5.41) is 2.90. The molecule has 110 valence electrons. The van der Waals surface area contributed by atoms with Gasteiger partial charge < -0.3 is 10.1 Å². The van der Waals surface area contributed by atoms with E-state index in [0.717, 1.165) is 0 Å². The molecule has 0 aromatic heterocycles. The third-order valence-electron chi connectivity index (χ3n) is 3.02. The van der Waals surface area contributed by atoms with Crippen LogP contribution < -0.4 is 5.32 Å². The second kappa shape index (κ2) is 7.24. The summed E-state index contributed by atoms with van der Waals surface area (Å²) < 4.78 is 30.3. The molecule has 0 radical (unpaired) electrons. The van der Waals surface area contributed by atoms with Gasteiger partial charge in [0.25, 0.3) is 5.76 Å². The molecule has 1 amide bonds. The molecule has 1 aliphatic heterocycles. The van der Waals surface area contributed by atoms with Gasteiger partial charge in [0, 0.05) is 19.1 Å². The third-order valence-corrected chi connectivity index (χ3v) is 4.30. The Hall–Kier alpha value is -0.850. The lowest BCUT2D eigenvalue weighted by molar-refractivity contribution is -0.122. The van der Waals surface area contributed by atoms with Crippen LogP contribution in [0.4, 0.5) is 14.5 Å². The zero-order valence-corrected chi connectivity index (χ0v) is 12.1. The van der Waals surface area contributed by atoms with Crippen LogP contribution in [0.15, 0.2) is 23.1 Å². The third kappa shape index (κ3) is 4.07. The molecule has 0 spiro atoms. The molecule has 1 aliphatic rings. The van der Waals surface area contributed by atoms with Crippen LogP contribution in [0.5, 0.6) is 0 Å². The normalized spacial score (nSPS) is 16.4. The molecule has 7 heteroatoms. The number of nitrogens with one attached hydrogen (secondary N) is 1. The Balaban J connectivity index is 2.11. The Bertz CT molecular complexity index is 481. The second-order valence-corrected chi connectivity index (χ2v) is 5.78. The molecule has 1 heterocycles. The highest BCUT2D eigenvalue weighted by molar-refractivity contribution is 7.99. The Morgan fingerprint density at radius 1 is 1.40 bits per heavy atom. The van der Waals surface area contributed by atoms with Crippen LogP contribution in [0.1, 0.15) is 12.8 Å². The second-order valence-electron chi connectivity index (χ2n) is 4.37. The maximum Gasteiger partial charge on any atom is 0.289 e. The lowest BCUT2D eigenvalue weighted by atomic mass is 9.99. The first kappa shape index (κ1) is 15.5. The molecule has 0 unspecified atom stereocenters. The topological polar surface area (TPSA) is 38.3 Å². The average Bonchev–Trinajstić information content (AvgIpc) is 2.43. The van der Waals surface area contributed by atoms with Crippen molar-refractivity contribution in [3.8, 4) is 0 Å². The van der Waals surface area contributed by atoms with Crippen molar-refractivity contribution >= 4 is 35.0 Å². The van der Waals surface area contributed by atoms with E-state index in [1.165, 1.54) is 6.07 Å². The fourth-order valence-electron chi connectivity index (χ4n) is 2.01. The fourth-order valence-corrected chi connectivity index (χ4v) is 2.92. The SMILES string of the molecule is O=C(Nc1cccc(Cl)c1SC(F)F)C1CCOCC1. The minimum atomic E-state index is -2.59. The number of alkyl halides is 2. The molecule has 1 saturated heterocycles. The monoisotopic (exact) mass is 321 g/mol. The minimum absolute atomic E-state index is 0.146. The van der Waals surface area contributed by atoms with Crippen molar-refractivity contribution in [3.63, 3.8) is 0 Å². The predicted molar refractivity (Wildman–Crippen MR) is 75.5 cm³/mol. The van der Waals surface area contributed by atoms with Crippen molar-refractivity contribution in [3.05, 3.63) is 23.2 Å². The van der Waals surface area contributed by atoms with Crippen LogP contribution in [-0.4, -0.2) is 24.9 Å². The molecule has 2 rings (SSSR count). The van der Waals surface area contributed by atoms with Crippen molar-refractivity contribution in [2.24, 2.45) is 5.92 Å². The number of benzene rings is 1. The average molecular weight is 322 g/mol. The Morgan fingerprint density at radius 2 is 2.10 bits per heavy atom.